The third-order valence-electron chi connectivity index (χ3n) is 3.07. The number of aliphatic imine (C=N–C) groups is 1. The summed E-state index contributed by atoms with van der Waals surface area (Å²) in [6, 6.07) is 6.26. The molecule has 1 heterocycles. The van der Waals surface area contributed by atoms with Gasteiger partial charge in [-0.3, -0.25) is 4.99 Å². The predicted octanol–water partition coefficient (Wildman–Crippen LogP) is 4.19. The van der Waals surface area contributed by atoms with Crippen LogP contribution in [-0.2, 0) is 0 Å². The zero-order chi connectivity index (χ0) is 12.4. The van der Waals surface area contributed by atoms with E-state index in [0.717, 1.165) is 21.6 Å². The number of nitrogens with one attached hydrogen (secondary N) is 1. The third-order valence-corrected chi connectivity index (χ3v) is 4.48. The number of halogens is 1. The Labute approximate surface area is 112 Å². The summed E-state index contributed by atoms with van der Waals surface area (Å²) in [7, 11) is 0. The predicted molar refractivity (Wildman–Crippen MR) is 78.3 cm³/mol. The Morgan fingerprint density at radius 2 is 2.18 bits per heavy atom. The monoisotopic (exact) mass is 268 g/mol. The van der Waals surface area contributed by atoms with E-state index < -0.39 is 0 Å². The number of benzene rings is 1. The van der Waals surface area contributed by atoms with Gasteiger partial charge in [-0.2, -0.15) is 0 Å². The summed E-state index contributed by atoms with van der Waals surface area (Å²) >= 11 is 7.78. The van der Waals surface area contributed by atoms with Crippen molar-refractivity contribution in [2.45, 2.75) is 26.8 Å². The minimum Gasteiger partial charge on any atom is -0.335 e. The standard InChI is InChI=1S/C13H17ClN2S/c1-8-4-5-11(14)6-12(8)16-13-15-10(3)9(2)7-17-13/h4-6,9-10H,7H2,1-3H3,(H,15,16). The number of nitrogens with zero attached hydrogens (tertiary/aromatic N) is 1. The second-order valence-electron chi connectivity index (χ2n) is 4.55. The number of hydrogen-bond acceptors (Lipinski definition) is 3. The maximum absolute atomic E-state index is 6.00. The molecule has 0 bridgehead atoms. The van der Waals surface area contributed by atoms with Crippen LogP contribution in [-0.4, -0.2) is 17.0 Å². The van der Waals surface area contributed by atoms with Crippen molar-refractivity contribution in [1.82, 2.24) is 0 Å². The van der Waals surface area contributed by atoms with Crippen molar-refractivity contribution < 1.29 is 0 Å². The van der Waals surface area contributed by atoms with Crippen molar-refractivity contribution in [2.75, 3.05) is 11.1 Å². The van der Waals surface area contributed by atoms with Crippen LogP contribution in [0.1, 0.15) is 19.4 Å². The molecule has 92 valence electrons. The van der Waals surface area contributed by atoms with Crippen LogP contribution in [0.4, 0.5) is 5.69 Å². The van der Waals surface area contributed by atoms with E-state index in [1.807, 2.05) is 18.2 Å². The van der Waals surface area contributed by atoms with Crippen LogP contribution in [0.2, 0.25) is 5.02 Å². The van der Waals surface area contributed by atoms with E-state index in [1.54, 1.807) is 11.8 Å². The fraction of sp³-hybridized carbons (Fsp3) is 0.462. The molecule has 0 aliphatic carbocycles. The van der Waals surface area contributed by atoms with E-state index in [2.05, 4.69) is 31.1 Å². The van der Waals surface area contributed by atoms with Crippen LogP contribution in [0.15, 0.2) is 23.2 Å². The lowest BCUT2D eigenvalue weighted by molar-refractivity contribution is 0.537. The number of aryl methyl sites for hydroxylation is 1. The first kappa shape index (κ1) is 12.8. The normalized spacial score (nSPS) is 24.4. The van der Waals surface area contributed by atoms with E-state index in [0.29, 0.717) is 12.0 Å². The van der Waals surface area contributed by atoms with Crippen LogP contribution >= 0.6 is 23.4 Å². The Bertz CT molecular complexity index is 445. The zero-order valence-corrected chi connectivity index (χ0v) is 11.9. The molecule has 1 aliphatic heterocycles. The number of amidine groups is 1. The van der Waals surface area contributed by atoms with E-state index in [1.165, 1.54) is 5.56 Å². The first-order chi connectivity index (χ1) is 8.06. The van der Waals surface area contributed by atoms with E-state index in [-0.39, 0.29) is 0 Å². The molecule has 0 amide bonds. The smallest absolute Gasteiger partial charge is 0.161 e. The number of rotatable bonds is 1. The van der Waals surface area contributed by atoms with Gasteiger partial charge < -0.3 is 5.32 Å². The van der Waals surface area contributed by atoms with E-state index in [9.17, 15) is 0 Å². The second-order valence-corrected chi connectivity index (χ2v) is 5.99. The fourth-order valence-corrected chi connectivity index (χ4v) is 2.91. The highest BCUT2D eigenvalue weighted by Gasteiger charge is 2.19. The molecule has 1 aliphatic rings. The van der Waals surface area contributed by atoms with Crippen LogP contribution in [0.25, 0.3) is 0 Å². The van der Waals surface area contributed by atoms with Gasteiger partial charge in [-0.1, -0.05) is 36.4 Å². The molecule has 4 heteroatoms. The van der Waals surface area contributed by atoms with Crippen LogP contribution in [0.5, 0.6) is 0 Å². The van der Waals surface area contributed by atoms with E-state index in [4.69, 9.17) is 11.6 Å². The molecular formula is C13H17ClN2S. The number of hydrogen-bond donors (Lipinski definition) is 1. The SMILES string of the molecule is Cc1ccc(Cl)cc1NC1=NC(C)C(C)CS1. The Hall–Kier alpha value is -0.670. The Kier molecular flexibility index (Phi) is 4.00. The number of thioether (sulfide) groups is 1. The van der Waals surface area contributed by atoms with Crippen molar-refractivity contribution in [3.05, 3.63) is 28.8 Å². The molecule has 1 aromatic carbocycles. The molecule has 0 saturated carbocycles. The van der Waals surface area contributed by atoms with E-state index >= 15 is 0 Å². The summed E-state index contributed by atoms with van der Waals surface area (Å²) in [6.45, 7) is 6.47. The summed E-state index contributed by atoms with van der Waals surface area (Å²) < 4.78 is 0. The third kappa shape index (κ3) is 3.17. The largest absolute Gasteiger partial charge is 0.335 e. The molecule has 0 saturated heterocycles. The van der Waals surface area contributed by atoms with Gasteiger partial charge in [0.2, 0.25) is 0 Å². The Morgan fingerprint density at radius 3 is 2.88 bits per heavy atom. The first-order valence-corrected chi connectivity index (χ1v) is 7.16. The highest BCUT2D eigenvalue weighted by molar-refractivity contribution is 8.14. The first-order valence-electron chi connectivity index (χ1n) is 5.80. The molecule has 1 N–H and O–H groups in total. The summed E-state index contributed by atoms with van der Waals surface area (Å²) in [4.78, 5) is 4.65. The van der Waals surface area contributed by atoms with Crippen molar-refractivity contribution in [2.24, 2.45) is 10.9 Å². The summed E-state index contributed by atoms with van der Waals surface area (Å²) in [5.74, 6) is 1.76. The topological polar surface area (TPSA) is 24.4 Å². The summed E-state index contributed by atoms with van der Waals surface area (Å²) in [6.07, 6.45) is 0. The fourth-order valence-electron chi connectivity index (χ4n) is 1.61. The van der Waals surface area contributed by atoms with Gasteiger partial charge >= 0.3 is 0 Å². The highest BCUT2D eigenvalue weighted by atomic mass is 35.5. The molecule has 2 unspecified atom stereocenters. The molecule has 2 rings (SSSR count). The minimum absolute atomic E-state index is 0.387. The van der Waals surface area contributed by atoms with Gasteiger partial charge in [0.15, 0.2) is 5.17 Å². The highest BCUT2D eigenvalue weighted by Crippen LogP contribution is 2.26. The molecule has 2 atom stereocenters. The van der Waals surface area contributed by atoms with Crippen molar-refractivity contribution >= 4 is 34.2 Å². The Morgan fingerprint density at radius 1 is 1.41 bits per heavy atom. The van der Waals surface area contributed by atoms with Gasteiger partial charge in [0.25, 0.3) is 0 Å². The van der Waals surface area contributed by atoms with Gasteiger partial charge in [0.1, 0.15) is 0 Å². The maximum Gasteiger partial charge on any atom is 0.161 e. The lowest BCUT2D eigenvalue weighted by atomic mass is 10.1. The summed E-state index contributed by atoms with van der Waals surface area (Å²) in [5.41, 5.74) is 2.23. The minimum atomic E-state index is 0.387. The van der Waals surface area contributed by atoms with Crippen LogP contribution in [0.3, 0.4) is 0 Å². The maximum atomic E-state index is 6.00. The average Bonchev–Trinajstić information content (AvgIpc) is 2.29. The number of anilines is 1. The van der Waals surface area contributed by atoms with Crippen LogP contribution < -0.4 is 5.32 Å². The molecule has 0 radical (unpaired) electrons. The molecular weight excluding hydrogens is 252 g/mol. The summed E-state index contributed by atoms with van der Waals surface area (Å²) in [5, 5.41) is 5.12. The van der Waals surface area contributed by atoms with Crippen LogP contribution in [0, 0.1) is 12.8 Å². The molecule has 2 nitrogen and oxygen atoms in total. The van der Waals surface area contributed by atoms with Gasteiger partial charge in [0.05, 0.1) is 6.04 Å². The van der Waals surface area contributed by atoms with Gasteiger partial charge in [-0.05, 0) is 37.5 Å². The molecule has 0 spiro atoms. The van der Waals surface area contributed by atoms with Gasteiger partial charge in [0, 0.05) is 16.5 Å². The Balaban J connectivity index is 2.16. The molecule has 0 aromatic heterocycles. The van der Waals surface area contributed by atoms with Gasteiger partial charge in [-0.25, -0.2) is 0 Å². The van der Waals surface area contributed by atoms with Gasteiger partial charge in [-0.15, -0.1) is 0 Å². The molecule has 17 heavy (non-hydrogen) atoms. The lowest BCUT2D eigenvalue weighted by Gasteiger charge is -2.24. The average molecular weight is 269 g/mol. The van der Waals surface area contributed by atoms with Crippen molar-refractivity contribution in [3.8, 4) is 0 Å². The van der Waals surface area contributed by atoms with Crippen molar-refractivity contribution in [3.63, 3.8) is 0 Å². The van der Waals surface area contributed by atoms with Crippen molar-refractivity contribution in [1.29, 1.82) is 0 Å². The lowest BCUT2D eigenvalue weighted by Crippen LogP contribution is -2.25. The quantitative estimate of drug-likeness (QED) is 0.826. The second kappa shape index (κ2) is 5.32. The zero-order valence-electron chi connectivity index (χ0n) is 10.3. The molecule has 1 aromatic rings. The molecule has 0 fully saturated rings.